The van der Waals surface area contributed by atoms with Crippen LogP contribution in [0, 0.1) is 17.1 Å². The normalized spacial score (nSPS) is 10.8. The quantitative estimate of drug-likeness (QED) is 0.316. The number of anilines is 3. The van der Waals surface area contributed by atoms with Gasteiger partial charge in [-0.1, -0.05) is 22.0 Å². The zero-order valence-corrected chi connectivity index (χ0v) is 18.8. The number of halogens is 3. The molecule has 2 aromatic carbocycles. The van der Waals surface area contributed by atoms with Gasteiger partial charge in [0.05, 0.1) is 34.0 Å². The van der Waals surface area contributed by atoms with Crippen LogP contribution >= 0.6 is 31.9 Å². The summed E-state index contributed by atoms with van der Waals surface area (Å²) in [6.07, 6.45) is 4.51. The van der Waals surface area contributed by atoms with Gasteiger partial charge in [0.1, 0.15) is 17.6 Å². The van der Waals surface area contributed by atoms with Gasteiger partial charge in [-0.25, -0.2) is 4.39 Å². The molecule has 0 aliphatic heterocycles. The summed E-state index contributed by atoms with van der Waals surface area (Å²) in [5, 5.41) is 16.6. The highest BCUT2D eigenvalue weighted by atomic mass is 79.9. The number of nitriles is 1. The second kappa shape index (κ2) is 9.69. The van der Waals surface area contributed by atoms with Crippen LogP contribution in [-0.2, 0) is 4.79 Å². The van der Waals surface area contributed by atoms with Crippen LogP contribution in [0.1, 0.15) is 5.56 Å². The van der Waals surface area contributed by atoms with Gasteiger partial charge < -0.3 is 15.4 Å². The first kappa shape index (κ1) is 21.7. The van der Waals surface area contributed by atoms with Gasteiger partial charge in [0, 0.05) is 34.7 Å². The summed E-state index contributed by atoms with van der Waals surface area (Å²) in [6, 6.07) is 9.90. The molecule has 0 saturated carbocycles. The van der Waals surface area contributed by atoms with Crippen molar-refractivity contribution >= 4 is 65.7 Å². The average Bonchev–Trinajstić information content (AvgIpc) is 2.74. The number of rotatable bonds is 6. The van der Waals surface area contributed by atoms with E-state index in [1.807, 2.05) is 0 Å². The molecule has 0 saturated heterocycles. The fourth-order valence-corrected chi connectivity index (χ4v) is 3.32. The highest BCUT2D eigenvalue weighted by Crippen LogP contribution is 2.36. The predicted octanol–water partition coefficient (Wildman–Crippen LogP) is 5.65. The number of ether oxygens (including phenoxy) is 1. The molecule has 0 aliphatic rings. The van der Waals surface area contributed by atoms with Gasteiger partial charge in [0.15, 0.2) is 0 Å². The van der Waals surface area contributed by atoms with Gasteiger partial charge in [-0.05, 0) is 40.2 Å². The van der Waals surface area contributed by atoms with E-state index in [-0.39, 0.29) is 10.4 Å². The number of methoxy groups -OCH3 is 1. The van der Waals surface area contributed by atoms with E-state index in [2.05, 4.69) is 53.5 Å². The molecule has 30 heavy (non-hydrogen) atoms. The number of hydrogen-bond donors (Lipinski definition) is 2. The summed E-state index contributed by atoms with van der Waals surface area (Å²) >= 11 is 6.38. The van der Waals surface area contributed by atoms with E-state index in [0.29, 0.717) is 44.6 Å². The minimum absolute atomic E-state index is 0.289. The number of alkyl halides is 1. The Hall–Kier alpha value is -2.96. The number of nitrogens with zero attached hydrogens (tertiary/aromatic N) is 2. The molecule has 9 heteroatoms. The lowest BCUT2D eigenvalue weighted by atomic mass is 10.1. The average molecular weight is 534 g/mol. The molecule has 152 valence electrons. The van der Waals surface area contributed by atoms with Gasteiger partial charge in [-0.2, -0.15) is 5.26 Å². The summed E-state index contributed by atoms with van der Waals surface area (Å²) < 4.78 is 19.3. The summed E-state index contributed by atoms with van der Waals surface area (Å²) in [4.78, 5) is 16.5. The van der Waals surface area contributed by atoms with Crippen molar-refractivity contribution in [2.24, 2.45) is 0 Å². The van der Waals surface area contributed by atoms with E-state index < -0.39 is 5.82 Å². The van der Waals surface area contributed by atoms with E-state index in [4.69, 9.17) is 4.74 Å². The van der Waals surface area contributed by atoms with Gasteiger partial charge in [0.2, 0.25) is 5.91 Å². The maximum absolute atomic E-state index is 13.6. The molecule has 3 aromatic rings. The number of pyridine rings is 1. The van der Waals surface area contributed by atoms with Crippen molar-refractivity contribution in [3.8, 4) is 11.8 Å². The number of amides is 1. The molecule has 1 aromatic heterocycles. The van der Waals surface area contributed by atoms with E-state index in [1.165, 1.54) is 25.4 Å². The lowest BCUT2D eigenvalue weighted by Crippen LogP contribution is -2.09. The van der Waals surface area contributed by atoms with Crippen LogP contribution in [0.3, 0.4) is 0 Å². The molecular formula is C21H15Br2FN4O2. The van der Waals surface area contributed by atoms with Gasteiger partial charge >= 0.3 is 0 Å². The monoisotopic (exact) mass is 532 g/mol. The third-order valence-electron chi connectivity index (χ3n) is 4.11. The Kier molecular flexibility index (Phi) is 7.03. The number of allylic oxidation sites excluding steroid dienone is 1. The maximum atomic E-state index is 13.6. The number of hydrogen-bond acceptors (Lipinski definition) is 5. The molecule has 0 aliphatic carbocycles. The second-order valence-corrected chi connectivity index (χ2v) is 7.53. The Morgan fingerprint density at radius 1 is 1.37 bits per heavy atom. The topological polar surface area (TPSA) is 87.0 Å². The Labute approximate surface area is 189 Å². The summed E-state index contributed by atoms with van der Waals surface area (Å²) in [6.45, 7) is 0. The van der Waals surface area contributed by atoms with E-state index in [9.17, 15) is 14.4 Å². The number of fused-ring (bicyclic) bond motifs is 1. The van der Waals surface area contributed by atoms with E-state index >= 15 is 0 Å². The zero-order valence-electron chi connectivity index (χ0n) is 15.7. The molecule has 0 spiro atoms. The molecule has 0 radical (unpaired) electrons. The highest BCUT2D eigenvalue weighted by molar-refractivity contribution is 9.10. The third-order valence-corrected chi connectivity index (χ3v) is 5.10. The van der Waals surface area contributed by atoms with E-state index in [0.717, 1.165) is 0 Å². The van der Waals surface area contributed by atoms with Crippen LogP contribution in [-0.4, -0.2) is 23.3 Å². The lowest BCUT2D eigenvalue weighted by molar-refractivity contribution is -0.111. The molecule has 6 nitrogen and oxygen atoms in total. The molecule has 1 amide bonds. The molecule has 3 rings (SSSR count). The third kappa shape index (κ3) is 4.78. The maximum Gasteiger partial charge on any atom is 0.248 e. The standard InChI is InChI=1S/C21H15Br2FN4O2/c1-30-19-9-17-14(8-18(19)28-20(29)3-2-6-22)21(12(10-25)11-26-17)27-13-4-5-16(24)15(23)7-13/h2-5,7-9,11H,6H2,1H3,(H,26,27)(H,28,29)/b3-2+. The van der Waals surface area contributed by atoms with Crippen molar-refractivity contribution in [2.45, 2.75) is 0 Å². The van der Waals surface area contributed by atoms with Crippen LogP contribution in [0.2, 0.25) is 0 Å². The van der Waals surface area contributed by atoms with Crippen molar-refractivity contribution in [3.05, 3.63) is 64.5 Å². The van der Waals surface area contributed by atoms with Gasteiger partial charge in [-0.15, -0.1) is 0 Å². The largest absolute Gasteiger partial charge is 0.494 e. The van der Waals surface area contributed by atoms with E-state index in [1.54, 1.807) is 30.3 Å². The Morgan fingerprint density at radius 2 is 2.17 bits per heavy atom. The number of carbonyl (C=O) groups is 1. The number of aromatic nitrogens is 1. The molecule has 0 fully saturated rings. The second-order valence-electron chi connectivity index (χ2n) is 6.03. The Balaban J connectivity index is 2.13. The highest BCUT2D eigenvalue weighted by Gasteiger charge is 2.15. The SMILES string of the molecule is COc1cc2ncc(C#N)c(Nc3ccc(F)c(Br)c3)c2cc1NC(=O)/C=C/CBr. The fraction of sp³-hybridized carbons (Fsp3) is 0.0952. The fourth-order valence-electron chi connectivity index (χ4n) is 2.75. The first-order valence-electron chi connectivity index (χ1n) is 8.63. The van der Waals surface area contributed by atoms with Crippen molar-refractivity contribution in [3.63, 3.8) is 0 Å². The lowest BCUT2D eigenvalue weighted by Gasteiger charge is -2.15. The minimum atomic E-state index is -0.396. The Bertz CT molecular complexity index is 1190. The van der Waals surface area contributed by atoms with Gasteiger partial charge in [0.25, 0.3) is 0 Å². The smallest absolute Gasteiger partial charge is 0.248 e. The summed E-state index contributed by atoms with van der Waals surface area (Å²) in [7, 11) is 1.49. The first-order valence-corrected chi connectivity index (χ1v) is 10.5. The molecule has 2 N–H and O–H groups in total. The summed E-state index contributed by atoms with van der Waals surface area (Å²) in [5.74, 6) is -0.295. The van der Waals surface area contributed by atoms with Crippen molar-refractivity contribution in [1.82, 2.24) is 4.98 Å². The number of carbonyl (C=O) groups excluding carboxylic acids is 1. The number of nitrogens with one attached hydrogen (secondary N) is 2. The van der Waals surface area contributed by atoms with Crippen LogP contribution < -0.4 is 15.4 Å². The van der Waals surface area contributed by atoms with Crippen LogP contribution in [0.25, 0.3) is 10.9 Å². The predicted molar refractivity (Wildman–Crippen MR) is 122 cm³/mol. The zero-order chi connectivity index (χ0) is 21.7. The molecular weight excluding hydrogens is 519 g/mol. The van der Waals surface area contributed by atoms with Crippen molar-refractivity contribution in [1.29, 1.82) is 5.26 Å². The Morgan fingerprint density at radius 3 is 2.83 bits per heavy atom. The van der Waals surface area contributed by atoms with Crippen molar-refractivity contribution in [2.75, 3.05) is 23.1 Å². The van der Waals surface area contributed by atoms with Crippen molar-refractivity contribution < 1.29 is 13.9 Å². The summed E-state index contributed by atoms with van der Waals surface area (Å²) in [5.41, 5.74) is 2.34. The van der Waals surface area contributed by atoms with Crippen LogP contribution in [0.5, 0.6) is 5.75 Å². The van der Waals surface area contributed by atoms with Crippen LogP contribution in [0.4, 0.5) is 21.5 Å². The minimum Gasteiger partial charge on any atom is -0.494 e. The van der Waals surface area contributed by atoms with Crippen LogP contribution in [0.15, 0.2) is 53.2 Å². The first-order chi connectivity index (χ1) is 14.5. The molecule has 0 bridgehead atoms. The molecule has 0 atom stereocenters. The van der Waals surface area contributed by atoms with Gasteiger partial charge in [-0.3, -0.25) is 9.78 Å². The number of benzene rings is 2. The molecule has 0 unspecified atom stereocenters. The molecule has 1 heterocycles.